The van der Waals surface area contributed by atoms with Crippen LogP contribution in [0.2, 0.25) is 0 Å². The lowest BCUT2D eigenvalue weighted by atomic mass is 10.1. The van der Waals surface area contributed by atoms with Gasteiger partial charge in [0.25, 0.3) is 0 Å². The zero-order valence-electron chi connectivity index (χ0n) is 11.7. The van der Waals surface area contributed by atoms with Gasteiger partial charge < -0.3 is 9.47 Å². The Kier molecular flexibility index (Phi) is 4.35. The summed E-state index contributed by atoms with van der Waals surface area (Å²) in [6.45, 7) is 3.31. The first-order chi connectivity index (χ1) is 10.2. The molecule has 112 valence electrons. The summed E-state index contributed by atoms with van der Waals surface area (Å²) < 4.78 is 26.1. The Morgan fingerprint density at radius 1 is 1.33 bits per heavy atom. The Bertz CT molecular complexity index is 660. The maximum Gasteiger partial charge on any atom is 0.225 e. The lowest BCUT2D eigenvalue weighted by molar-refractivity contribution is 0.0243. The average Bonchev–Trinajstić information content (AvgIpc) is 2.49. The molecule has 0 N–H and O–H groups in total. The standard InChI is InChI=1S/C15H16BrFN2O2/c1-2-13-18-14-11(7-9(16)8-12(14)17)15(19-13)21-10-3-5-20-6-4-10/h7-8,10H,2-6H2,1H3. The molecule has 1 aromatic heterocycles. The summed E-state index contributed by atoms with van der Waals surface area (Å²) in [5, 5.41) is 0.602. The molecule has 0 radical (unpaired) electrons. The molecule has 0 bridgehead atoms. The molecule has 1 saturated heterocycles. The molecule has 6 heteroatoms. The maximum atomic E-state index is 14.1. The Hall–Kier alpha value is -1.27. The highest BCUT2D eigenvalue weighted by molar-refractivity contribution is 9.10. The number of benzene rings is 1. The summed E-state index contributed by atoms with van der Waals surface area (Å²) in [5.41, 5.74) is 0.312. The highest BCUT2D eigenvalue weighted by Gasteiger charge is 2.19. The van der Waals surface area contributed by atoms with E-state index < -0.39 is 0 Å². The minimum Gasteiger partial charge on any atom is -0.474 e. The van der Waals surface area contributed by atoms with E-state index in [4.69, 9.17) is 9.47 Å². The topological polar surface area (TPSA) is 44.2 Å². The van der Waals surface area contributed by atoms with Gasteiger partial charge in [-0.25, -0.2) is 9.37 Å². The highest BCUT2D eigenvalue weighted by Crippen LogP contribution is 2.30. The van der Waals surface area contributed by atoms with Crippen molar-refractivity contribution in [3.63, 3.8) is 0 Å². The van der Waals surface area contributed by atoms with Crippen molar-refractivity contribution in [2.75, 3.05) is 13.2 Å². The second kappa shape index (κ2) is 6.23. The largest absolute Gasteiger partial charge is 0.474 e. The van der Waals surface area contributed by atoms with E-state index >= 15 is 0 Å². The number of rotatable bonds is 3. The van der Waals surface area contributed by atoms with Crippen LogP contribution in [0.4, 0.5) is 4.39 Å². The Morgan fingerprint density at radius 2 is 2.10 bits per heavy atom. The van der Waals surface area contributed by atoms with Crippen molar-refractivity contribution >= 4 is 26.8 Å². The number of fused-ring (bicyclic) bond motifs is 1. The van der Waals surface area contributed by atoms with Crippen LogP contribution < -0.4 is 4.74 Å². The van der Waals surface area contributed by atoms with Crippen LogP contribution in [-0.2, 0) is 11.2 Å². The smallest absolute Gasteiger partial charge is 0.225 e. The lowest BCUT2D eigenvalue weighted by Gasteiger charge is -2.23. The first-order valence-corrected chi connectivity index (χ1v) is 7.86. The van der Waals surface area contributed by atoms with Crippen LogP contribution in [0.3, 0.4) is 0 Å². The number of ether oxygens (including phenoxy) is 2. The number of hydrogen-bond acceptors (Lipinski definition) is 4. The van der Waals surface area contributed by atoms with Crippen LogP contribution in [0.25, 0.3) is 10.9 Å². The van der Waals surface area contributed by atoms with Crippen molar-refractivity contribution in [2.45, 2.75) is 32.3 Å². The number of halogens is 2. The van der Waals surface area contributed by atoms with Crippen LogP contribution >= 0.6 is 15.9 Å². The molecular weight excluding hydrogens is 339 g/mol. The number of hydrogen-bond donors (Lipinski definition) is 0. The molecule has 1 fully saturated rings. The van der Waals surface area contributed by atoms with Gasteiger partial charge in [0, 0.05) is 23.7 Å². The van der Waals surface area contributed by atoms with Gasteiger partial charge in [-0.1, -0.05) is 22.9 Å². The molecule has 1 aromatic carbocycles. The fourth-order valence-corrected chi connectivity index (χ4v) is 2.80. The second-order valence-electron chi connectivity index (χ2n) is 5.01. The molecule has 0 spiro atoms. The first-order valence-electron chi connectivity index (χ1n) is 7.07. The van der Waals surface area contributed by atoms with Gasteiger partial charge in [-0.3, -0.25) is 0 Å². The molecule has 21 heavy (non-hydrogen) atoms. The third kappa shape index (κ3) is 3.16. The van der Waals surface area contributed by atoms with Crippen molar-refractivity contribution in [1.82, 2.24) is 9.97 Å². The van der Waals surface area contributed by atoms with Gasteiger partial charge in [0.15, 0.2) is 5.82 Å². The van der Waals surface area contributed by atoms with E-state index in [-0.39, 0.29) is 11.9 Å². The maximum absolute atomic E-state index is 14.1. The fourth-order valence-electron chi connectivity index (χ4n) is 2.37. The molecule has 1 aliphatic heterocycles. The van der Waals surface area contributed by atoms with Crippen LogP contribution in [0.15, 0.2) is 16.6 Å². The number of aromatic nitrogens is 2. The minimum absolute atomic E-state index is 0.0589. The van der Waals surface area contributed by atoms with Crippen molar-refractivity contribution in [3.05, 3.63) is 28.2 Å². The van der Waals surface area contributed by atoms with E-state index in [1.807, 2.05) is 6.92 Å². The molecule has 4 nitrogen and oxygen atoms in total. The van der Waals surface area contributed by atoms with E-state index in [0.29, 0.717) is 46.7 Å². The van der Waals surface area contributed by atoms with Crippen molar-refractivity contribution < 1.29 is 13.9 Å². The SMILES string of the molecule is CCc1nc(OC2CCOCC2)c2cc(Br)cc(F)c2n1. The fraction of sp³-hybridized carbons (Fsp3) is 0.467. The summed E-state index contributed by atoms with van der Waals surface area (Å²) in [6, 6.07) is 3.21. The van der Waals surface area contributed by atoms with Gasteiger partial charge in [-0.15, -0.1) is 0 Å². The van der Waals surface area contributed by atoms with Crippen LogP contribution in [0.1, 0.15) is 25.6 Å². The monoisotopic (exact) mass is 354 g/mol. The van der Waals surface area contributed by atoms with Gasteiger partial charge >= 0.3 is 0 Å². The van der Waals surface area contributed by atoms with E-state index in [2.05, 4.69) is 25.9 Å². The lowest BCUT2D eigenvalue weighted by Crippen LogP contribution is -2.26. The molecule has 2 heterocycles. The first kappa shape index (κ1) is 14.7. The number of nitrogens with zero attached hydrogens (tertiary/aromatic N) is 2. The zero-order chi connectivity index (χ0) is 14.8. The van der Waals surface area contributed by atoms with Gasteiger partial charge in [0.05, 0.1) is 18.6 Å². The predicted molar refractivity (Wildman–Crippen MR) is 81.0 cm³/mol. The van der Waals surface area contributed by atoms with Gasteiger partial charge in [-0.2, -0.15) is 4.98 Å². The van der Waals surface area contributed by atoms with Crippen LogP contribution in [-0.4, -0.2) is 29.3 Å². The summed E-state index contributed by atoms with van der Waals surface area (Å²) in [6.07, 6.45) is 2.34. The van der Waals surface area contributed by atoms with E-state index in [1.54, 1.807) is 6.07 Å². The Morgan fingerprint density at radius 3 is 2.81 bits per heavy atom. The van der Waals surface area contributed by atoms with Crippen molar-refractivity contribution in [1.29, 1.82) is 0 Å². The normalized spacial score (nSPS) is 16.3. The predicted octanol–water partition coefficient (Wildman–Crippen LogP) is 3.65. The molecule has 0 aliphatic carbocycles. The molecule has 2 aromatic rings. The van der Waals surface area contributed by atoms with E-state index in [0.717, 1.165) is 12.8 Å². The third-order valence-electron chi connectivity index (χ3n) is 3.49. The summed E-state index contributed by atoms with van der Waals surface area (Å²) in [4.78, 5) is 8.71. The van der Waals surface area contributed by atoms with Crippen molar-refractivity contribution in [3.8, 4) is 5.88 Å². The molecule has 1 aliphatic rings. The van der Waals surface area contributed by atoms with Crippen LogP contribution in [0.5, 0.6) is 5.88 Å². The quantitative estimate of drug-likeness (QED) is 0.843. The van der Waals surface area contributed by atoms with E-state index in [9.17, 15) is 4.39 Å². The summed E-state index contributed by atoms with van der Waals surface area (Å²) in [5.74, 6) is 0.683. The molecule has 0 amide bonds. The summed E-state index contributed by atoms with van der Waals surface area (Å²) in [7, 11) is 0. The zero-order valence-corrected chi connectivity index (χ0v) is 13.3. The Balaban J connectivity index is 2.05. The molecule has 3 rings (SSSR count). The van der Waals surface area contributed by atoms with Crippen LogP contribution in [0, 0.1) is 5.82 Å². The molecule has 0 saturated carbocycles. The molecule has 0 unspecified atom stereocenters. The third-order valence-corrected chi connectivity index (χ3v) is 3.95. The molecule has 0 atom stereocenters. The number of aryl methyl sites for hydroxylation is 1. The average molecular weight is 355 g/mol. The Labute approximate surface area is 130 Å². The van der Waals surface area contributed by atoms with Crippen molar-refractivity contribution in [2.24, 2.45) is 0 Å². The summed E-state index contributed by atoms with van der Waals surface area (Å²) >= 11 is 3.31. The minimum atomic E-state index is -0.367. The van der Waals surface area contributed by atoms with Gasteiger partial charge in [0.1, 0.15) is 17.4 Å². The van der Waals surface area contributed by atoms with Gasteiger partial charge in [-0.05, 0) is 12.1 Å². The molecular formula is C15H16BrFN2O2. The highest BCUT2D eigenvalue weighted by atomic mass is 79.9. The van der Waals surface area contributed by atoms with E-state index in [1.165, 1.54) is 6.07 Å². The second-order valence-corrected chi connectivity index (χ2v) is 5.93. The van der Waals surface area contributed by atoms with Gasteiger partial charge in [0.2, 0.25) is 5.88 Å².